The van der Waals surface area contributed by atoms with Crippen LogP contribution in [0.15, 0.2) is 71.6 Å². The molecule has 0 saturated carbocycles. The van der Waals surface area contributed by atoms with Gasteiger partial charge in [0.05, 0.1) is 17.2 Å². The molecule has 3 aromatic carbocycles. The number of fused-ring (bicyclic) bond motifs is 1. The Morgan fingerprint density at radius 3 is 2.12 bits per heavy atom. The lowest BCUT2D eigenvalue weighted by atomic mass is 10.0. The van der Waals surface area contributed by atoms with Gasteiger partial charge in [0.2, 0.25) is 0 Å². The molecule has 0 aromatic heterocycles. The van der Waals surface area contributed by atoms with Gasteiger partial charge in [-0.1, -0.05) is 60.7 Å². The first kappa shape index (κ1) is 16.1. The molecule has 0 fully saturated rings. The van der Waals surface area contributed by atoms with Gasteiger partial charge in [-0.2, -0.15) is 0 Å². The van der Waals surface area contributed by atoms with Gasteiger partial charge in [-0.05, 0) is 17.0 Å². The summed E-state index contributed by atoms with van der Waals surface area (Å²) in [6, 6.07) is 18.8. The molecule has 0 aliphatic heterocycles. The van der Waals surface area contributed by atoms with E-state index in [2.05, 4.69) is 0 Å². The van der Waals surface area contributed by atoms with Crippen molar-refractivity contribution in [3.05, 3.63) is 77.9 Å². The fourth-order valence-electron chi connectivity index (χ4n) is 2.58. The molecular formula is C19H12O4S-2. The average Bonchev–Trinajstić information content (AvgIpc) is 2.59. The molecule has 0 radical (unpaired) electrons. The normalized spacial score (nSPS) is 12.0. The van der Waals surface area contributed by atoms with E-state index >= 15 is 0 Å². The van der Waals surface area contributed by atoms with Gasteiger partial charge >= 0.3 is 0 Å². The topological polar surface area (TPSA) is 80.3 Å². The lowest BCUT2D eigenvalue weighted by molar-refractivity contribution is -0.305. The second kappa shape index (κ2) is 6.76. The molecular weight excluding hydrogens is 324 g/mol. The van der Waals surface area contributed by atoms with Crippen LogP contribution in [-0.2, 0) is 4.79 Å². The lowest BCUT2D eigenvalue weighted by Gasteiger charge is -2.20. The number of carbonyl (C=O) groups excluding carboxylic acids is 2. The van der Waals surface area contributed by atoms with Crippen molar-refractivity contribution < 1.29 is 19.8 Å². The van der Waals surface area contributed by atoms with Crippen LogP contribution in [0.3, 0.4) is 0 Å². The van der Waals surface area contributed by atoms with Gasteiger partial charge in [-0.25, -0.2) is 0 Å². The Bertz CT molecular complexity index is 900. The quantitative estimate of drug-likeness (QED) is 0.664. The standard InChI is InChI=1S/C19H14O4S/c20-18(21)14-10-4-8-12-9-5-11-15(16(12)14)24-17(19(22)23)13-6-2-1-3-7-13/h1-11,17H,(H,20,21)(H,22,23)/p-2/t17-/m1/s1. The second-order valence-electron chi connectivity index (χ2n) is 5.17. The van der Waals surface area contributed by atoms with Crippen molar-refractivity contribution in [1.29, 1.82) is 0 Å². The smallest absolute Gasteiger partial charge is 0.0739 e. The summed E-state index contributed by atoms with van der Waals surface area (Å²) >= 11 is 1.06. The van der Waals surface area contributed by atoms with Crippen molar-refractivity contribution in [2.24, 2.45) is 0 Å². The molecule has 0 N–H and O–H groups in total. The van der Waals surface area contributed by atoms with Crippen LogP contribution in [0.25, 0.3) is 10.8 Å². The van der Waals surface area contributed by atoms with E-state index in [9.17, 15) is 19.8 Å². The highest BCUT2D eigenvalue weighted by Gasteiger charge is 2.17. The molecule has 3 rings (SSSR count). The maximum absolute atomic E-state index is 11.6. The Balaban J connectivity index is 2.12. The number of aliphatic carboxylic acids is 1. The average molecular weight is 336 g/mol. The number of thioether (sulfide) groups is 1. The number of carboxylic acid groups (broad SMARTS) is 2. The summed E-state index contributed by atoms with van der Waals surface area (Å²) in [5.74, 6) is -2.52. The van der Waals surface area contributed by atoms with Crippen molar-refractivity contribution in [1.82, 2.24) is 0 Å². The molecule has 120 valence electrons. The van der Waals surface area contributed by atoms with Gasteiger partial charge in [0.25, 0.3) is 0 Å². The number of hydrogen-bond donors (Lipinski definition) is 0. The van der Waals surface area contributed by atoms with Crippen LogP contribution in [0.5, 0.6) is 0 Å². The highest BCUT2D eigenvalue weighted by Crippen LogP contribution is 2.39. The van der Waals surface area contributed by atoms with Gasteiger partial charge in [0.15, 0.2) is 0 Å². The Morgan fingerprint density at radius 2 is 1.50 bits per heavy atom. The maximum atomic E-state index is 11.6. The first-order chi connectivity index (χ1) is 11.6. The zero-order chi connectivity index (χ0) is 17.1. The third-order valence-corrected chi connectivity index (χ3v) is 4.94. The van der Waals surface area contributed by atoms with E-state index < -0.39 is 17.2 Å². The second-order valence-corrected chi connectivity index (χ2v) is 6.32. The van der Waals surface area contributed by atoms with Gasteiger partial charge in [0, 0.05) is 15.8 Å². The first-order valence-electron chi connectivity index (χ1n) is 7.23. The van der Waals surface area contributed by atoms with Gasteiger partial charge in [0.1, 0.15) is 0 Å². The molecule has 0 saturated heterocycles. The van der Waals surface area contributed by atoms with Crippen molar-refractivity contribution in [3.63, 3.8) is 0 Å². The van der Waals surface area contributed by atoms with Crippen LogP contribution in [-0.4, -0.2) is 11.9 Å². The molecule has 0 spiro atoms. The molecule has 0 aliphatic rings. The highest BCUT2D eigenvalue weighted by atomic mass is 32.2. The number of aromatic carboxylic acids is 1. The fraction of sp³-hybridized carbons (Fsp3) is 0.0526. The third kappa shape index (κ3) is 3.12. The molecule has 5 heteroatoms. The monoisotopic (exact) mass is 336 g/mol. The van der Waals surface area contributed by atoms with Crippen LogP contribution < -0.4 is 10.2 Å². The highest BCUT2D eigenvalue weighted by molar-refractivity contribution is 8.00. The predicted octanol–water partition coefficient (Wildman–Crippen LogP) is 1.79. The van der Waals surface area contributed by atoms with Crippen LogP contribution in [0.1, 0.15) is 21.2 Å². The molecule has 0 heterocycles. The molecule has 1 atom stereocenters. The summed E-state index contributed by atoms with van der Waals surface area (Å²) in [6.45, 7) is 0. The number of hydrogen-bond acceptors (Lipinski definition) is 5. The van der Waals surface area contributed by atoms with Crippen LogP contribution in [0.4, 0.5) is 0 Å². The minimum absolute atomic E-state index is 0.0424. The minimum Gasteiger partial charge on any atom is -0.549 e. The van der Waals surface area contributed by atoms with E-state index in [0.29, 0.717) is 21.2 Å². The Kier molecular flexibility index (Phi) is 4.53. The minimum atomic E-state index is -1.29. The molecule has 0 unspecified atom stereocenters. The number of rotatable bonds is 5. The van der Waals surface area contributed by atoms with Crippen LogP contribution >= 0.6 is 11.8 Å². The van der Waals surface area contributed by atoms with Crippen molar-refractivity contribution >= 4 is 34.5 Å². The third-order valence-electron chi connectivity index (χ3n) is 3.65. The van der Waals surface area contributed by atoms with E-state index in [1.165, 1.54) is 6.07 Å². The Morgan fingerprint density at radius 1 is 0.833 bits per heavy atom. The Labute approximate surface area is 142 Å². The summed E-state index contributed by atoms with van der Waals surface area (Å²) in [6.07, 6.45) is 0. The number of benzene rings is 3. The van der Waals surface area contributed by atoms with E-state index in [1.807, 2.05) is 0 Å². The largest absolute Gasteiger partial charge is 0.549 e. The van der Waals surface area contributed by atoms with Gasteiger partial charge in [-0.15, -0.1) is 11.8 Å². The predicted molar refractivity (Wildman–Crippen MR) is 88.3 cm³/mol. The maximum Gasteiger partial charge on any atom is 0.0739 e. The molecule has 3 aromatic rings. The summed E-state index contributed by atoms with van der Waals surface area (Å²) in [7, 11) is 0. The first-order valence-corrected chi connectivity index (χ1v) is 8.11. The van der Waals surface area contributed by atoms with Gasteiger partial charge in [-0.3, -0.25) is 0 Å². The zero-order valence-corrected chi connectivity index (χ0v) is 13.3. The molecule has 0 bridgehead atoms. The summed E-state index contributed by atoms with van der Waals surface area (Å²) in [4.78, 5) is 23.6. The molecule has 24 heavy (non-hydrogen) atoms. The van der Waals surface area contributed by atoms with E-state index in [4.69, 9.17) is 0 Å². The van der Waals surface area contributed by atoms with E-state index in [-0.39, 0.29) is 5.56 Å². The number of carboxylic acids is 2. The zero-order valence-electron chi connectivity index (χ0n) is 12.5. The van der Waals surface area contributed by atoms with Crippen molar-refractivity contribution in [3.8, 4) is 0 Å². The summed E-state index contributed by atoms with van der Waals surface area (Å²) < 4.78 is 0. The van der Waals surface area contributed by atoms with E-state index in [0.717, 1.165) is 11.8 Å². The van der Waals surface area contributed by atoms with Crippen LogP contribution in [0, 0.1) is 0 Å². The molecule has 0 aliphatic carbocycles. The van der Waals surface area contributed by atoms with Crippen LogP contribution in [0.2, 0.25) is 0 Å². The van der Waals surface area contributed by atoms with Crippen molar-refractivity contribution in [2.75, 3.05) is 0 Å². The molecule has 4 nitrogen and oxygen atoms in total. The fourth-order valence-corrected chi connectivity index (χ4v) is 3.73. The lowest BCUT2D eigenvalue weighted by Crippen LogP contribution is -2.28. The van der Waals surface area contributed by atoms with Crippen molar-refractivity contribution in [2.45, 2.75) is 10.1 Å². The van der Waals surface area contributed by atoms with E-state index in [1.54, 1.807) is 60.7 Å². The summed E-state index contributed by atoms with van der Waals surface area (Å²) in [5.41, 5.74) is 0.631. The molecule has 0 amide bonds. The summed E-state index contributed by atoms with van der Waals surface area (Å²) in [5, 5.41) is 23.3. The Hall–Kier alpha value is -2.79. The SMILES string of the molecule is O=C([O-])c1cccc2cccc(S[C@@H](C(=O)[O-])c3ccccc3)c12. The van der Waals surface area contributed by atoms with Gasteiger partial charge < -0.3 is 19.8 Å². The number of carbonyl (C=O) groups is 2.